The van der Waals surface area contributed by atoms with Crippen LogP contribution in [0.4, 0.5) is 10.5 Å². The highest BCUT2D eigenvalue weighted by Gasteiger charge is 2.52. The van der Waals surface area contributed by atoms with Crippen LogP contribution >= 0.6 is 0 Å². The van der Waals surface area contributed by atoms with Crippen LogP contribution in [-0.2, 0) is 16.6 Å². The maximum atomic E-state index is 13.1. The molecule has 164 valence electrons. The summed E-state index contributed by atoms with van der Waals surface area (Å²) in [6.45, 7) is 0.362. The van der Waals surface area contributed by atoms with E-state index < -0.39 is 10.0 Å². The summed E-state index contributed by atoms with van der Waals surface area (Å²) in [5.41, 5.74) is 1.17. The molecule has 4 bridgehead atoms. The number of nitrogens with one attached hydrogen (secondary N) is 3. The van der Waals surface area contributed by atoms with Crippen LogP contribution < -0.4 is 15.4 Å². The molecule has 8 heteroatoms. The molecule has 1 heterocycles. The fraction of sp³-hybridized carbons (Fsp3) is 0.478. The third-order valence-electron chi connectivity index (χ3n) is 6.99. The van der Waals surface area contributed by atoms with Crippen LogP contribution in [0.15, 0.2) is 53.7 Å². The molecule has 2 amide bonds. The maximum absolute atomic E-state index is 13.1. The lowest BCUT2D eigenvalue weighted by Crippen LogP contribution is -2.59. The number of benzene rings is 1. The van der Waals surface area contributed by atoms with E-state index in [1.165, 1.54) is 19.3 Å². The Kier molecular flexibility index (Phi) is 5.22. The minimum atomic E-state index is -3.60. The average molecular weight is 441 g/mol. The summed E-state index contributed by atoms with van der Waals surface area (Å²) >= 11 is 0. The highest BCUT2D eigenvalue weighted by molar-refractivity contribution is 7.89. The number of urea groups is 1. The van der Waals surface area contributed by atoms with Crippen LogP contribution in [0.3, 0.4) is 0 Å². The molecule has 4 aliphatic rings. The van der Waals surface area contributed by atoms with E-state index in [9.17, 15) is 13.2 Å². The molecule has 4 aliphatic carbocycles. The number of pyridine rings is 1. The Hall–Kier alpha value is -2.45. The Bertz CT molecular complexity index is 1020. The van der Waals surface area contributed by atoms with Gasteiger partial charge in [0.2, 0.25) is 10.0 Å². The number of rotatable bonds is 6. The zero-order valence-corrected chi connectivity index (χ0v) is 18.2. The molecule has 3 N–H and O–H groups in total. The average Bonchev–Trinajstić information content (AvgIpc) is 2.72. The van der Waals surface area contributed by atoms with Crippen molar-refractivity contribution in [3.63, 3.8) is 0 Å². The summed E-state index contributed by atoms with van der Waals surface area (Å²) in [5.74, 6) is 2.02. The molecule has 4 fully saturated rings. The van der Waals surface area contributed by atoms with Gasteiger partial charge in [0.15, 0.2) is 0 Å². The standard InChI is InChI=1S/C23H28N4O3S/c28-22(25-15-16-2-1-7-24-14-16)26-20-3-5-21(6-4-20)31(29,30)27-23-11-17-8-18(12-23)10-19(9-17)13-23/h1-7,14,17-19,27H,8-13,15H2,(H2,25,26,28). The van der Waals surface area contributed by atoms with Gasteiger partial charge in [-0.2, -0.15) is 0 Å². The van der Waals surface area contributed by atoms with Crippen molar-refractivity contribution < 1.29 is 13.2 Å². The Morgan fingerprint density at radius 1 is 1.00 bits per heavy atom. The van der Waals surface area contributed by atoms with E-state index in [-0.39, 0.29) is 16.5 Å². The van der Waals surface area contributed by atoms with Gasteiger partial charge in [-0.15, -0.1) is 0 Å². The van der Waals surface area contributed by atoms with Gasteiger partial charge in [0.05, 0.1) is 4.90 Å². The summed E-state index contributed by atoms with van der Waals surface area (Å²) in [5, 5.41) is 5.49. The van der Waals surface area contributed by atoms with Crippen molar-refractivity contribution in [1.82, 2.24) is 15.0 Å². The number of nitrogens with zero attached hydrogens (tertiary/aromatic N) is 1. The third kappa shape index (κ3) is 4.45. The molecule has 2 aromatic rings. The molecular weight excluding hydrogens is 412 g/mol. The topological polar surface area (TPSA) is 100 Å². The molecule has 4 saturated carbocycles. The van der Waals surface area contributed by atoms with Crippen molar-refractivity contribution in [3.8, 4) is 0 Å². The quantitative estimate of drug-likeness (QED) is 0.638. The fourth-order valence-electron chi connectivity index (χ4n) is 6.16. The van der Waals surface area contributed by atoms with E-state index >= 15 is 0 Å². The Morgan fingerprint density at radius 3 is 2.23 bits per heavy atom. The summed E-state index contributed by atoms with van der Waals surface area (Å²) in [6, 6.07) is 9.69. The van der Waals surface area contributed by atoms with Gasteiger partial charge >= 0.3 is 6.03 Å². The minimum absolute atomic E-state index is 0.240. The van der Waals surface area contributed by atoms with Crippen LogP contribution in [0.25, 0.3) is 0 Å². The zero-order chi connectivity index (χ0) is 21.5. The highest BCUT2D eigenvalue weighted by atomic mass is 32.2. The number of anilines is 1. The van der Waals surface area contributed by atoms with Gasteiger partial charge in [0.1, 0.15) is 0 Å². The van der Waals surface area contributed by atoms with Crippen LogP contribution in [0.2, 0.25) is 0 Å². The van der Waals surface area contributed by atoms with Gasteiger partial charge in [0.25, 0.3) is 0 Å². The van der Waals surface area contributed by atoms with Crippen molar-refractivity contribution in [3.05, 3.63) is 54.4 Å². The van der Waals surface area contributed by atoms with Gasteiger partial charge in [-0.1, -0.05) is 6.07 Å². The molecule has 0 atom stereocenters. The van der Waals surface area contributed by atoms with E-state index in [1.807, 2.05) is 12.1 Å². The lowest BCUT2D eigenvalue weighted by molar-refractivity contribution is -0.00810. The second-order valence-electron chi connectivity index (χ2n) is 9.50. The van der Waals surface area contributed by atoms with Gasteiger partial charge in [-0.3, -0.25) is 4.98 Å². The van der Waals surface area contributed by atoms with Crippen LogP contribution in [0.1, 0.15) is 44.1 Å². The number of hydrogen-bond acceptors (Lipinski definition) is 4. The second kappa shape index (κ2) is 7.91. The van der Waals surface area contributed by atoms with Crippen molar-refractivity contribution in [2.24, 2.45) is 17.8 Å². The Morgan fingerprint density at radius 2 is 1.65 bits per heavy atom. The first kappa shape index (κ1) is 20.5. The summed E-state index contributed by atoms with van der Waals surface area (Å²) < 4.78 is 29.3. The lowest BCUT2D eigenvalue weighted by Gasteiger charge is -2.56. The molecule has 0 aliphatic heterocycles. The number of carbonyl (C=O) groups excluding carboxylic acids is 1. The molecule has 0 spiro atoms. The summed E-state index contributed by atoms with van der Waals surface area (Å²) in [4.78, 5) is 16.4. The minimum Gasteiger partial charge on any atom is -0.334 e. The number of carbonyl (C=O) groups is 1. The van der Waals surface area contributed by atoms with Gasteiger partial charge in [0, 0.05) is 30.2 Å². The van der Waals surface area contributed by atoms with Crippen LogP contribution in [0.5, 0.6) is 0 Å². The summed E-state index contributed by atoms with van der Waals surface area (Å²) in [6.07, 6.45) is 10.1. The Labute approximate surface area is 183 Å². The van der Waals surface area contributed by atoms with E-state index in [0.717, 1.165) is 24.8 Å². The molecule has 31 heavy (non-hydrogen) atoms. The first-order valence-electron chi connectivity index (χ1n) is 11.0. The SMILES string of the molecule is O=C(NCc1cccnc1)Nc1ccc(S(=O)(=O)NC23CC4CC(CC(C4)C2)C3)cc1. The third-order valence-corrected chi connectivity index (χ3v) is 8.58. The van der Waals surface area contributed by atoms with Crippen molar-refractivity contribution in [2.45, 2.75) is 55.5 Å². The molecule has 0 unspecified atom stereocenters. The van der Waals surface area contributed by atoms with Gasteiger partial charge in [-0.05, 0) is 92.2 Å². The predicted molar refractivity (Wildman–Crippen MR) is 118 cm³/mol. The highest BCUT2D eigenvalue weighted by Crippen LogP contribution is 2.55. The van der Waals surface area contributed by atoms with Crippen LogP contribution in [0, 0.1) is 17.8 Å². The number of aromatic nitrogens is 1. The van der Waals surface area contributed by atoms with Crippen molar-refractivity contribution in [1.29, 1.82) is 0 Å². The normalized spacial score (nSPS) is 29.0. The molecular formula is C23H28N4O3S. The van der Waals surface area contributed by atoms with E-state index in [1.54, 1.807) is 36.7 Å². The molecule has 1 aromatic heterocycles. The molecule has 6 rings (SSSR count). The number of amides is 2. The number of hydrogen-bond donors (Lipinski definition) is 3. The molecule has 0 radical (unpaired) electrons. The van der Waals surface area contributed by atoms with E-state index in [2.05, 4.69) is 20.3 Å². The first-order chi connectivity index (χ1) is 14.9. The predicted octanol–water partition coefficient (Wildman–Crippen LogP) is 3.65. The van der Waals surface area contributed by atoms with E-state index in [0.29, 0.717) is 30.0 Å². The Balaban J connectivity index is 1.21. The van der Waals surface area contributed by atoms with Gasteiger partial charge in [-0.25, -0.2) is 17.9 Å². The van der Waals surface area contributed by atoms with Gasteiger partial charge < -0.3 is 10.6 Å². The molecule has 0 saturated heterocycles. The molecule has 1 aromatic carbocycles. The molecule has 7 nitrogen and oxygen atoms in total. The lowest BCUT2D eigenvalue weighted by atomic mass is 9.53. The van der Waals surface area contributed by atoms with Crippen molar-refractivity contribution in [2.75, 3.05) is 5.32 Å². The monoisotopic (exact) mass is 440 g/mol. The van der Waals surface area contributed by atoms with Crippen molar-refractivity contribution >= 4 is 21.7 Å². The second-order valence-corrected chi connectivity index (χ2v) is 11.2. The maximum Gasteiger partial charge on any atom is 0.319 e. The smallest absolute Gasteiger partial charge is 0.319 e. The number of sulfonamides is 1. The summed E-state index contributed by atoms with van der Waals surface area (Å²) in [7, 11) is -3.60. The zero-order valence-electron chi connectivity index (χ0n) is 17.4. The van der Waals surface area contributed by atoms with E-state index in [4.69, 9.17) is 0 Å². The first-order valence-corrected chi connectivity index (χ1v) is 12.5. The fourth-order valence-corrected chi connectivity index (χ4v) is 7.59. The van der Waals surface area contributed by atoms with Crippen LogP contribution in [-0.4, -0.2) is 25.0 Å². The largest absolute Gasteiger partial charge is 0.334 e.